The second kappa shape index (κ2) is 4.25. The van der Waals surface area contributed by atoms with Crippen LogP contribution in [-0.4, -0.2) is 20.3 Å². The third kappa shape index (κ3) is 2.10. The minimum absolute atomic E-state index is 0.232. The highest BCUT2D eigenvalue weighted by Crippen LogP contribution is 2.08. The third-order valence-corrected chi connectivity index (χ3v) is 2.49. The molecule has 17 heavy (non-hydrogen) atoms. The summed E-state index contributed by atoms with van der Waals surface area (Å²) in [4.78, 5) is 22.8. The second-order valence-corrected chi connectivity index (χ2v) is 3.70. The summed E-state index contributed by atoms with van der Waals surface area (Å²) in [6.07, 6.45) is 1.43. The van der Waals surface area contributed by atoms with Gasteiger partial charge in [0.25, 0.3) is 0 Å². The van der Waals surface area contributed by atoms with Crippen molar-refractivity contribution in [2.24, 2.45) is 12.8 Å². The van der Waals surface area contributed by atoms with Gasteiger partial charge in [-0.1, -0.05) is 18.2 Å². The molecule has 6 nitrogen and oxygen atoms in total. The Bertz CT molecular complexity index is 612. The molecule has 0 radical (unpaired) electrons. The molecule has 0 bridgehead atoms. The zero-order valence-corrected chi connectivity index (χ0v) is 9.33. The van der Waals surface area contributed by atoms with Gasteiger partial charge in [0.1, 0.15) is 6.33 Å². The van der Waals surface area contributed by atoms with E-state index in [9.17, 15) is 9.59 Å². The van der Waals surface area contributed by atoms with E-state index >= 15 is 0 Å². The van der Waals surface area contributed by atoms with Crippen molar-refractivity contribution in [1.82, 2.24) is 14.3 Å². The van der Waals surface area contributed by atoms with Crippen molar-refractivity contribution < 1.29 is 4.79 Å². The van der Waals surface area contributed by atoms with E-state index < -0.39 is 5.91 Å². The topological polar surface area (TPSA) is 82.9 Å². The first-order valence-electron chi connectivity index (χ1n) is 5.05. The van der Waals surface area contributed by atoms with E-state index in [1.54, 1.807) is 31.3 Å². The predicted molar refractivity (Wildman–Crippen MR) is 61.5 cm³/mol. The molecule has 0 saturated carbocycles. The fraction of sp³-hybridized carbons (Fsp3) is 0.182. The van der Waals surface area contributed by atoms with E-state index in [2.05, 4.69) is 5.10 Å². The van der Waals surface area contributed by atoms with Crippen LogP contribution in [0.2, 0.25) is 0 Å². The number of carbonyl (C=O) groups excluding carboxylic acids is 1. The highest BCUT2D eigenvalue weighted by Gasteiger charge is 2.09. The van der Waals surface area contributed by atoms with Gasteiger partial charge in [0.2, 0.25) is 5.91 Å². The van der Waals surface area contributed by atoms with E-state index in [0.717, 1.165) is 0 Å². The maximum absolute atomic E-state index is 11.6. The number of amides is 1. The van der Waals surface area contributed by atoms with Crippen LogP contribution in [0.1, 0.15) is 15.9 Å². The summed E-state index contributed by atoms with van der Waals surface area (Å²) < 4.78 is 2.65. The quantitative estimate of drug-likeness (QED) is 0.790. The maximum Gasteiger partial charge on any atom is 0.345 e. The van der Waals surface area contributed by atoms with Crippen molar-refractivity contribution >= 4 is 5.91 Å². The average molecular weight is 232 g/mol. The molecule has 1 amide bonds. The molecule has 2 aromatic rings. The van der Waals surface area contributed by atoms with Crippen LogP contribution in [0.25, 0.3) is 0 Å². The summed E-state index contributed by atoms with van der Waals surface area (Å²) in [5.41, 5.74) is 6.12. The lowest BCUT2D eigenvalue weighted by Gasteiger charge is -2.05. The van der Waals surface area contributed by atoms with E-state index in [-0.39, 0.29) is 12.2 Å². The lowest BCUT2D eigenvalue weighted by Crippen LogP contribution is -2.25. The third-order valence-electron chi connectivity index (χ3n) is 2.49. The van der Waals surface area contributed by atoms with Crippen molar-refractivity contribution in [1.29, 1.82) is 0 Å². The Morgan fingerprint density at radius 3 is 2.71 bits per heavy atom. The molecule has 2 N–H and O–H groups in total. The number of benzene rings is 1. The summed E-state index contributed by atoms with van der Waals surface area (Å²) in [5, 5.41) is 3.93. The van der Waals surface area contributed by atoms with Crippen LogP contribution in [0.3, 0.4) is 0 Å². The predicted octanol–water partition coefficient (Wildman–Crippen LogP) is -0.271. The van der Waals surface area contributed by atoms with Gasteiger partial charge in [0.05, 0.1) is 6.54 Å². The maximum atomic E-state index is 11.6. The van der Waals surface area contributed by atoms with Crippen molar-refractivity contribution in [2.75, 3.05) is 0 Å². The number of rotatable bonds is 3. The number of hydrogen-bond donors (Lipinski definition) is 1. The second-order valence-electron chi connectivity index (χ2n) is 3.70. The Balaban J connectivity index is 2.40. The summed E-state index contributed by atoms with van der Waals surface area (Å²) in [7, 11) is 1.62. The number of nitrogens with zero attached hydrogens (tertiary/aromatic N) is 3. The van der Waals surface area contributed by atoms with Crippen LogP contribution in [-0.2, 0) is 13.6 Å². The number of primary amides is 1. The number of hydrogen-bond acceptors (Lipinski definition) is 3. The van der Waals surface area contributed by atoms with Crippen molar-refractivity contribution in [2.45, 2.75) is 6.54 Å². The van der Waals surface area contributed by atoms with Crippen LogP contribution in [0, 0.1) is 0 Å². The zero-order chi connectivity index (χ0) is 12.4. The van der Waals surface area contributed by atoms with E-state index in [4.69, 9.17) is 5.73 Å². The number of aromatic nitrogens is 3. The van der Waals surface area contributed by atoms with E-state index in [0.29, 0.717) is 11.1 Å². The molecule has 0 aliphatic rings. The van der Waals surface area contributed by atoms with Gasteiger partial charge in [-0.05, 0) is 11.6 Å². The molecular formula is C11H12N4O2. The van der Waals surface area contributed by atoms with Gasteiger partial charge in [-0.15, -0.1) is 0 Å². The molecule has 0 atom stereocenters. The Morgan fingerprint density at radius 2 is 2.12 bits per heavy atom. The van der Waals surface area contributed by atoms with Gasteiger partial charge in [-0.3, -0.25) is 9.36 Å². The Labute approximate surface area is 97.3 Å². The number of carbonyl (C=O) groups is 1. The summed E-state index contributed by atoms with van der Waals surface area (Å²) in [6, 6.07) is 6.90. The van der Waals surface area contributed by atoms with E-state index in [1.165, 1.54) is 15.6 Å². The number of nitrogens with two attached hydrogens (primary N) is 1. The van der Waals surface area contributed by atoms with Gasteiger partial charge < -0.3 is 5.73 Å². The smallest absolute Gasteiger partial charge is 0.345 e. The van der Waals surface area contributed by atoms with Crippen LogP contribution >= 0.6 is 0 Å². The molecule has 1 heterocycles. The largest absolute Gasteiger partial charge is 0.366 e. The molecule has 1 aromatic carbocycles. The van der Waals surface area contributed by atoms with Crippen LogP contribution in [0.4, 0.5) is 0 Å². The Hall–Kier alpha value is -2.37. The molecule has 1 aromatic heterocycles. The van der Waals surface area contributed by atoms with Crippen LogP contribution in [0.15, 0.2) is 35.4 Å². The summed E-state index contributed by atoms with van der Waals surface area (Å²) >= 11 is 0. The number of aryl methyl sites for hydroxylation is 1. The molecule has 2 rings (SSSR count). The zero-order valence-electron chi connectivity index (χ0n) is 9.33. The van der Waals surface area contributed by atoms with Crippen LogP contribution in [0.5, 0.6) is 0 Å². The molecule has 0 aliphatic heterocycles. The molecule has 0 fully saturated rings. The minimum Gasteiger partial charge on any atom is -0.366 e. The van der Waals surface area contributed by atoms with E-state index in [1.807, 2.05) is 0 Å². The minimum atomic E-state index is -0.510. The molecule has 0 aliphatic carbocycles. The standard InChI is InChI=1S/C11H12N4O2/c1-14-7-13-15(11(14)17)6-8-4-2-3-5-9(8)10(12)16/h2-5,7H,6H2,1H3,(H2,12,16). The van der Waals surface area contributed by atoms with Crippen LogP contribution < -0.4 is 11.4 Å². The average Bonchev–Trinajstić information content (AvgIpc) is 2.61. The Morgan fingerprint density at radius 1 is 1.41 bits per heavy atom. The Kier molecular flexibility index (Phi) is 2.78. The van der Waals surface area contributed by atoms with Gasteiger partial charge in [0, 0.05) is 12.6 Å². The highest BCUT2D eigenvalue weighted by atomic mass is 16.2. The molecule has 0 saturated heterocycles. The summed E-state index contributed by atoms with van der Waals surface area (Å²) in [6.45, 7) is 0.235. The van der Waals surface area contributed by atoms with Crippen molar-refractivity contribution in [3.63, 3.8) is 0 Å². The van der Waals surface area contributed by atoms with Gasteiger partial charge >= 0.3 is 5.69 Å². The molecular weight excluding hydrogens is 220 g/mol. The molecule has 88 valence electrons. The first kappa shape index (κ1) is 11.1. The normalized spacial score (nSPS) is 10.4. The fourth-order valence-corrected chi connectivity index (χ4v) is 1.59. The SMILES string of the molecule is Cn1cnn(Cc2ccccc2C(N)=O)c1=O. The molecule has 6 heteroatoms. The lowest BCUT2D eigenvalue weighted by atomic mass is 10.1. The summed E-state index contributed by atoms with van der Waals surface area (Å²) in [5.74, 6) is -0.510. The fourth-order valence-electron chi connectivity index (χ4n) is 1.59. The monoisotopic (exact) mass is 232 g/mol. The highest BCUT2D eigenvalue weighted by molar-refractivity contribution is 5.94. The van der Waals surface area contributed by atoms with Gasteiger partial charge in [-0.2, -0.15) is 5.10 Å². The van der Waals surface area contributed by atoms with Crippen molar-refractivity contribution in [3.05, 3.63) is 52.2 Å². The first-order chi connectivity index (χ1) is 8.09. The molecule has 0 unspecified atom stereocenters. The first-order valence-corrected chi connectivity index (χ1v) is 5.05. The molecule has 0 spiro atoms. The van der Waals surface area contributed by atoms with Gasteiger partial charge in [-0.25, -0.2) is 9.48 Å². The van der Waals surface area contributed by atoms with Gasteiger partial charge in [0.15, 0.2) is 0 Å². The lowest BCUT2D eigenvalue weighted by molar-refractivity contribution is 0.0999. The van der Waals surface area contributed by atoms with Crippen molar-refractivity contribution in [3.8, 4) is 0 Å².